The fourth-order valence-electron chi connectivity index (χ4n) is 1.99. The topological polar surface area (TPSA) is 58.6 Å². The maximum Gasteiger partial charge on any atom is 0.248 e. The molecule has 2 atom stereocenters. The van der Waals surface area contributed by atoms with Gasteiger partial charge in [0.05, 0.1) is 12.1 Å². The average molecular weight is 256 g/mol. The Balaban J connectivity index is 3.00. The van der Waals surface area contributed by atoms with Crippen molar-refractivity contribution in [3.8, 4) is 0 Å². The van der Waals surface area contributed by atoms with Crippen molar-refractivity contribution in [1.29, 1.82) is 0 Å². The van der Waals surface area contributed by atoms with E-state index >= 15 is 0 Å². The van der Waals surface area contributed by atoms with E-state index < -0.39 is 17.2 Å². The van der Waals surface area contributed by atoms with E-state index in [2.05, 4.69) is 5.32 Å². The third kappa shape index (κ3) is 2.66. The van der Waals surface area contributed by atoms with Crippen LogP contribution in [0.3, 0.4) is 0 Å². The fourth-order valence-corrected chi connectivity index (χ4v) is 1.99. The number of rotatable bonds is 4. The van der Waals surface area contributed by atoms with Crippen LogP contribution in [0.1, 0.15) is 41.0 Å². The molecule has 1 N–H and O–H groups in total. The van der Waals surface area contributed by atoms with Gasteiger partial charge in [-0.05, 0) is 34.1 Å². The zero-order valence-corrected chi connectivity index (χ0v) is 12.2. The molecule has 0 saturated carbocycles. The second kappa shape index (κ2) is 4.88. The molecule has 1 aliphatic heterocycles. The van der Waals surface area contributed by atoms with Crippen LogP contribution < -0.4 is 5.32 Å². The van der Waals surface area contributed by atoms with Crippen molar-refractivity contribution in [2.75, 3.05) is 13.7 Å². The van der Waals surface area contributed by atoms with Gasteiger partial charge in [0.15, 0.2) is 0 Å². The zero-order valence-electron chi connectivity index (χ0n) is 12.2. The largest absolute Gasteiger partial charge is 0.377 e. The first-order chi connectivity index (χ1) is 8.17. The van der Waals surface area contributed by atoms with Gasteiger partial charge in [-0.15, -0.1) is 0 Å². The Kier molecular flexibility index (Phi) is 4.05. The van der Waals surface area contributed by atoms with Gasteiger partial charge in [0.1, 0.15) is 11.6 Å². The molecule has 0 aromatic carbocycles. The van der Waals surface area contributed by atoms with E-state index in [-0.39, 0.29) is 11.8 Å². The molecular formula is C13H24N2O3. The van der Waals surface area contributed by atoms with Gasteiger partial charge < -0.3 is 15.0 Å². The summed E-state index contributed by atoms with van der Waals surface area (Å²) in [4.78, 5) is 26.1. The lowest BCUT2D eigenvalue weighted by atomic mass is 9.91. The molecule has 0 radical (unpaired) electrons. The Morgan fingerprint density at radius 3 is 2.44 bits per heavy atom. The van der Waals surface area contributed by atoms with Gasteiger partial charge in [-0.25, -0.2) is 0 Å². The van der Waals surface area contributed by atoms with Crippen molar-refractivity contribution in [3.63, 3.8) is 0 Å². The van der Waals surface area contributed by atoms with Crippen LogP contribution in [0.4, 0.5) is 0 Å². The van der Waals surface area contributed by atoms with Gasteiger partial charge >= 0.3 is 0 Å². The Morgan fingerprint density at radius 1 is 1.44 bits per heavy atom. The highest BCUT2D eigenvalue weighted by molar-refractivity contribution is 5.99. The van der Waals surface area contributed by atoms with Crippen molar-refractivity contribution in [3.05, 3.63) is 0 Å². The quantitative estimate of drug-likeness (QED) is 0.814. The molecule has 1 rings (SSSR count). The number of hydrogen-bond acceptors (Lipinski definition) is 3. The zero-order chi connectivity index (χ0) is 14.1. The number of hydrogen-bond donors (Lipinski definition) is 1. The average Bonchev–Trinajstić information content (AvgIpc) is 2.32. The van der Waals surface area contributed by atoms with Crippen LogP contribution in [0.15, 0.2) is 0 Å². The number of amides is 2. The Morgan fingerprint density at radius 2 is 2.00 bits per heavy atom. The monoisotopic (exact) mass is 256 g/mol. The summed E-state index contributed by atoms with van der Waals surface area (Å²) in [7, 11) is 1.61. The van der Waals surface area contributed by atoms with Crippen LogP contribution in [0.5, 0.6) is 0 Å². The van der Waals surface area contributed by atoms with Gasteiger partial charge in [-0.2, -0.15) is 0 Å². The van der Waals surface area contributed by atoms with Crippen molar-refractivity contribution >= 4 is 11.8 Å². The second-order valence-corrected chi connectivity index (χ2v) is 5.75. The molecule has 2 amide bonds. The summed E-state index contributed by atoms with van der Waals surface area (Å²) in [6.07, 6.45) is 0.578. The van der Waals surface area contributed by atoms with Crippen molar-refractivity contribution < 1.29 is 14.3 Å². The smallest absolute Gasteiger partial charge is 0.248 e. The highest BCUT2D eigenvalue weighted by Crippen LogP contribution is 2.23. The molecule has 2 unspecified atom stereocenters. The van der Waals surface area contributed by atoms with Gasteiger partial charge in [-0.1, -0.05) is 6.92 Å². The van der Waals surface area contributed by atoms with Crippen LogP contribution in [-0.2, 0) is 14.3 Å². The number of piperazine rings is 1. The van der Waals surface area contributed by atoms with E-state index in [1.807, 2.05) is 20.8 Å². The normalized spacial score (nSPS) is 29.4. The molecule has 18 heavy (non-hydrogen) atoms. The third-order valence-electron chi connectivity index (χ3n) is 3.79. The standard InChI is InChI=1S/C13H24N2O3/c1-7-13(5)11(17)15(8-12(3,4)18-6)9(2)10(16)14-13/h9H,7-8H2,1-6H3,(H,14,16). The van der Waals surface area contributed by atoms with E-state index in [0.717, 1.165) is 0 Å². The first kappa shape index (κ1) is 15.0. The van der Waals surface area contributed by atoms with E-state index in [1.165, 1.54) is 0 Å². The molecule has 1 heterocycles. The summed E-state index contributed by atoms with van der Waals surface area (Å²) in [5, 5.41) is 2.80. The van der Waals surface area contributed by atoms with Crippen molar-refractivity contribution in [2.24, 2.45) is 0 Å². The minimum atomic E-state index is -0.798. The maximum absolute atomic E-state index is 12.5. The van der Waals surface area contributed by atoms with Gasteiger partial charge in [0.25, 0.3) is 0 Å². The number of nitrogens with one attached hydrogen (secondary N) is 1. The lowest BCUT2D eigenvalue weighted by Crippen LogP contribution is -2.69. The minimum absolute atomic E-state index is 0.0396. The number of nitrogens with zero attached hydrogens (tertiary/aromatic N) is 1. The van der Waals surface area contributed by atoms with E-state index in [9.17, 15) is 9.59 Å². The van der Waals surface area contributed by atoms with Crippen molar-refractivity contribution in [1.82, 2.24) is 10.2 Å². The number of methoxy groups -OCH3 is 1. The fraction of sp³-hybridized carbons (Fsp3) is 0.846. The predicted molar refractivity (Wildman–Crippen MR) is 69.1 cm³/mol. The van der Waals surface area contributed by atoms with Crippen molar-refractivity contribution in [2.45, 2.75) is 58.2 Å². The van der Waals surface area contributed by atoms with Crippen LogP contribution in [-0.4, -0.2) is 47.6 Å². The predicted octanol–water partition coefficient (Wildman–Crippen LogP) is 0.927. The third-order valence-corrected chi connectivity index (χ3v) is 3.79. The first-order valence-electron chi connectivity index (χ1n) is 6.35. The first-order valence-corrected chi connectivity index (χ1v) is 6.35. The maximum atomic E-state index is 12.5. The highest BCUT2D eigenvalue weighted by Gasteiger charge is 2.46. The molecule has 5 nitrogen and oxygen atoms in total. The molecule has 0 bridgehead atoms. The summed E-state index contributed by atoms with van der Waals surface area (Å²) in [6, 6.07) is -0.452. The molecule has 0 spiro atoms. The lowest BCUT2D eigenvalue weighted by Gasteiger charge is -2.45. The summed E-state index contributed by atoms with van der Waals surface area (Å²) in [5.74, 6) is -0.145. The number of carbonyl (C=O) groups excluding carboxylic acids is 2. The summed E-state index contributed by atoms with van der Waals surface area (Å²) >= 11 is 0. The number of ether oxygens (including phenoxy) is 1. The molecule has 0 aromatic rings. The summed E-state index contributed by atoms with van der Waals surface area (Å²) < 4.78 is 5.35. The van der Waals surface area contributed by atoms with E-state index in [1.54, 1.807) is 25.9 Å². The SMILES string of the molecule is CCC1(C)NC(=O)C(C)N(CC(C)(C)OC)C1=O. The van der Waals surface area contributed by atoms with Crippen LogP contribution in [0.2, 0.25) is 0 Å². The van der Waals surface area contributed by atoms with E-state index in [4.69, 9.17) is 4.74 Å². The van der Waals surface area contributed by atoms with Crippen LogP contribution >= 0.6 is 0 Å². The molecular weight excluding hydrogens is 232 g/mol. The lowest BCUT2D eigenvalue weighted by molar-refractivity contribution is -0.157. The molecule has 1 saturated heterocycles. The van der Waals surface area contributed by atoms with Gasteiger partial charge in [-0.3, -0.25) is 9.59 Å². The van der Waals surface area contributed by atoms with Gasteiger partial charge in [0.2, 0.25) is 11.8 Å². The van der Waals surface area contributed by atoms with E-state index in [0.29, 0.717) is 13.0 Å². The van der Waals surface area contributed by atoms with Crippen LogP contribution in [0, 0.1) is 0 Å². The Hall–Kier alpha value is -1.10. The minimum Gasteiger partial charge on any atom is -0.377 e. The summed E-state index contributed by atoms with van der Waals surface area (Å²) in [5.41, 5.74) is -1.26. The Bertz CT molecular complexity index is 354. The molecule has 0 aliphatic carbocycles. The van der Waals surface area contributed by atoms with Crippen LogP contribution in [0.25, 0.3) is 0 Å². The molecule has 1 fully saturated rings. The second-order valence-electron chi connectivity index (χ2n) is 5.75. The molecule has 5 heteroatoms. The Labute approximate surface area is 109 Å². The molecule has 0 aromatic heterocycles. The van der Waals surface area contributed by atoms with Gasteiger partial charge in [0, 0.05) is 7.11 Å². The molecule has 1 aliphatic rings. The summed E-state index contributed by atoms with van der Waals surface area (Å²) in [6.45, 7) is 9.63. The highest BCUT2D eigenvalue weighted by atomic mass is 16.5. The number of carbonyl (C=O) groups is 2. The molecule has 104 valence electrons.